The van der Waals surface area contributed by atoms with Gasteiger partial charge in [0, 0.05) is 13.0 Å². The molecule has 0 spiro atoms. The summed E-state index contributed by atoms with van der Waals surface area (Å²) in [6.07, 6.45) is 2.15. The molecule has 5 nitrogen and oxygen atoms in total. The van der Waals surface area contributed by atoms with Crippen LogP contribution in [0.4, 0.5) is 0 Å². The number of carbonyl (C=O) groups excluding carboxylic acids is 1. The number of rotatable bonds is 2. The highest BCUT2D eigenvalue weighted by Crippen LogP contribution is 2.25. The van der Waals surface area contributed by atoms with E-state index in [4.69, 9.17) is 4.74 Å². The molecule has 106 valence electrons. The van der Waals surface area contributed by atoms with Gasteiger partial charge in [-0.3, -0.25) is 4.68 Å². The Labute approximate surface area is 114 Å². The van der Waals surface area contributed by atoms with E-state index in [2.05, 4.69) is 10.4 Å². The molecule has 0 aromatic carbocycles. The van der Waals surface area contributed by atoms with Gasteiger partial charge in [0.05, 0.1) is 5.69 Å². The van der Waals surface area contributed by atoms with Crippen molar-refractivity contribution in [3.8, 4) is 0 Å². The first-order chi connectivity index (χ1) is 8.87. The van der Waals surface area contributed by atoms with Gasteiger partial charge in [0.15, 0.2) is 0 Å². The summed E-state index contributed by atoms with van der Waals surface area (Å²) in [5.41, 5.74) is 1.06. The van der Waals surface area contributed by atoms with Crippen molar-refractivity contribution < 1.29 is 9.53 Å². The molecule has 0 radical (unpaired) electrons. The molecule has 0 bridgehead atoms. The van der Waals surface area contributed by atoms with Crippen LogP contribution < -0.4 is 5.32 Å². The first-order valence-electron chi connectivity index (χ1n) is 6.85. The van der Waals surface area contributed by atoms with E-state index in [9.17, 15) is 4.79 Å². The number of carbonyl (C=O) groups is 1. The molecular formula is C14H23N3O2. The summed E-state index contributed by atoms with van der Waals surface area (Å²) in [6.45, 7) is 7.64. The Balaban J connectivity index is 2.14. The second kappa shape index (κ2) is 5.33. The van der Waals surface area contributed by atoms with Crippen molar-refractivity contribution in [2.75, 3.05) is 13.1 Å². The zero-order chi connectivity index (χ0) is 14.0. The van der Waals surface area contributed by atoms with Crippen molar-refractivity contribution >= 4 is 5.97 Å². The summed E-state index contributed by atoms with van der Waals surface area (Å²) in [5, 5.41) is 7.81. The van der Waals surface area contributed by atoms with Gasteiger partial charge >= 0.3 is 5.97 Å². The van der Waals surface area contributed by atoms with Crippen molar-refractivity contribution in [3.63, 3.8) is 0 Å². The van der Waals surface area contributed by atoms with Crippen LogP contribution in [0, 0.1) is 0 Å². The number of nitrogens with zero attached hydrogens (tertiary/aromatic N) is 2. The zero-order valence-corrected chi connectivity index (χ0v) is 12.2. The Morgan fingerprint density at radius 2 is 2.05 bits per heavy atom. The van der Waals surface area contributed by atoms with Gasteiger partial charge in [-0.2, -0.15) is 5.10 Å². The third-order valence-corrected chi connectivity index (χ3v) is 3.26. The minimum absolute atomic E-state index is 0.303. The van der Waals surface area contributed by atoms with Crippen LogP contribution in [0.25, 0.3) is 0 Å². The maximum atomic E-state index is 12.1. The molecule has 0 saturated carbocycles. The van der Waals surface area contributed by atoms with E-state index >= 15 is 0 Å². The maximum absolute atomic E-state index is 12.1. The summed E-state index contributed by atoms with van der Waals surface area (Å²) in [6, 6.07) is 1.88. The van der Waals surface area contributed by atoms with E-state index in [-0.39, 0.29) is 5.97 Å². The van der Waals surface area contributed by atoms with Gasteiger partial charge in [-0.15, -0.1) is 0 Å². The average Bonchev–Trinajstić information content (AvgIpc) is 2.70. The van der Waals surface area contributed by atoms with Crippen molar-refractivity contribution in [1.82, 2.24) is 15.1 Å². The normalized spacial score (nSPS) is 17.5. The highest BCUT2D eigenvalue weighted by atomic mass is 16.6. The predicted octanol–water partition coefficient (Wildman–Crippen LogP) is 1.84. The molecule has 1 aliphatic heterocycles. The van der Waals surface area contributed by atoms with Crippen LogP contribution in [-0.2, 0) is 11.8 Å². The van der Waals surface area contributed by atoms with Crippen LogP contribution in [0.3, 0.4) is 0 Å². The van der Waals surface area contributed by atoms with Gasteiger partial charge in [-0.1, -0.05) is 0 Å². The van der Waals surface area contributed by atoms with Crippen LogP contribution >= 0.6 is 0 Å². The van der Waals surface area contributed by atoms with E-state index in [1.807, 2.05) is 26.8 Å². The highest BCUT2D eigenvalue weighted by molar-refractivity contribution is 5.88. The number of esters is 1. The molecule has 5 heteroatoms. The van der Waals surface area contributed by atoms with Crippen LogP contribution in [0.2, 0.25) is 0 Å². The molecule has 0 amide bonds. The number of ether oxygens (including phenoxy) is 1. The fourth-order valence-corrected chi connectivity index (χ4v) is 2.33. The van der Waals surface area contributed by atoms with Crippen LogP contribution in [-0.4, -0.2) is 34.4 Å². The summed E-state index contributed by atoms with van der Waals surface area (Å²) in [5.74, 6) is 0.145. The first kappa shape index (κ1) is 14.1. The van der Waals surface area contributed by atoms with Gasteiger partial charge < -0.3 is 10.1 Å². The Kier molecular flexibility index (Phi) is 3.94. The van der Waals surface area contributed by atoms with Gasteiger partial charge in [0.25, 0.3) is 0 Å². The molecule has 19 heavy (non-hydrogen) atoms. The lowest BCUT2D eigenvalue weighted by molar-refractivity contribution is 0.00576. The molecule has 2 heterocycles. The lowest BCUT2D eigenvalue weighted by Gasteiger charge is -2.20. The lowest BCUT2D eigenvalue weighted by Crippen LogP contribution is -2.26. The topological polar surface area (TPSA) is 56.2 Å². The molecule has 2 rings (SSSR count). The van der Waals surface area contributed by atoms with E-state index < -0.39 is 5.60 Å². The van der Waals surface area contributed by atoms with E-state index in [0.717, 1.165) is 31.6 Å². The zero-order valence-electron chi connectivity index (χ0n) is 12.2. The fourth-order valence-electron chi connectivity index (χ4n) is 2.33. The molecule has 1 aliphatic rings. The van der Waals surface area contributed by atoms with Crippen molar-refractivity contribution in [2.45, 2.75) is 45.1 Å². The fraction of sp³-hybridized carbons (Fsp3) is 0.714. The minimum atomic E-state index is -0.476. The molecule has 1 aromatic heterocycles. The predicted molar refractivity (Wildman–Crippen MR) is 73.2 cm³/mol. The van der Waals surface area contributed by atoms with Gasteiger partial charge in [-0.25, -0.2) is 4.79 Å². The molecule has 0 aliphatic carbocycles. The van der Waals surface area contributed by atoms with E-state index in [0.29, 0.717) is 11.6 Å². The molecule has 0 atom stereocenters. The maximum Gasteiger partial charge on any atom is 0.357 e. The molecule has 1 saturated heterocycles. The van der Waals surface area contributed by atoms with Crippen LogP contribution in [0.1, 0.15) is 55.7 Å². The lowest BCUT2D eigenvalue weighted by atomic mass is 9.94. The minimum Gasteiger partial charge on any atom is -0.455 e. The molecule has 1 fully saturated rings. The molecule has 1 N–H and O–H groups in total. The average molecular weight is 265 g/mol. The summed E-state index contributed by atoms with van der Waals surface area (Å²) < 4.78 is 7.02. The molecule has 1 aromatic rings. The SMILES string of the molecule is Cn1nc(C2CCNCC2)cc1C(=O)OC(C)(C)C. The summed E-state index contributed by atoms with van der Waals surface area (Å²) in [7, 11) is 1.80. The number of piperidine rings is 1. The third kappa shape index (κ3) is 3.56. The molecule has 0 unspecified atom stereocenters. The van der Waals surface area contributed by atoms with Crippen LogP contribution in [0.15, 0.2) is 6.07 Å². The largest absolute Gasteiger partial charge is 0.455 e. The smallest absolute Gasteiger partial charge is 0.357 e. The van der Waals surface area contributed by atoms with Crippen molar-refractivity contribution in [1.29, 1.82) is 0 Å². The highest BCUT2D eigenvalue weighted by Gasteiger charge is 2.24. The molecular weight excluding hydrogens is 242 g/mol. The first-order valence-corrected chi connectivity index (χ1v) is 6.85. The van der Waals surface area contributed by atoms with Gasteiger partial charge in [-0.05, 0) is 52.8 Å². The number of nitrogens with one attached hydrogen (secondary N) is 1. The Hall–Kier alpha value is -1.36. The second-order valence-electron chi connectivity index (χ2n) is 6.10. The standard InChI is InChI=1S/C14H23N3O2/c1-14(2,3)19-13(18)12-9-11(16-17(12)4)10-5-7-15-8-6-10/h9-10,15H,5-8H2,1-4H3. The number of aromatic nitrogens is 2. The quantitative estimate of drug-likeness (QED) is 0.829. The third-order valence-electron chi connectivity index (χ3n) is 3.26. The van der Waals surface area contributed by atoms with Crippen molar-refractivity contribution in [3.05, 3.63) is 17.5 Å². The Bertz CT molecular complexity index is 454. The monoisotopic (exact) mass is 265 g/mol. The Morgan fingerprint density at radius 1 is 1.42 bits per heavy atom. The van der Waals surface area contributed by atoms with Crippen LogP contribution in [0.5, 0.6) is 0 Å². The van der Waals surface area contributed by atoms with Gasteiger partial charge in [0.2, 0.25) is 0 Å². The van der Waals surface area contributed by atoms with Gasteiger partial charge in [0.1, 0.15) is 11.3 Å². The van der Waals surface area contributed by atoms with Crippen molar-refractivity contribution in [2.24, 2.45) is 7.05 Å². The summed E-state index contributed by atoms with van der Waals surface area (Å²) in [4.78, 5) is 12.1. The van der Waals surface area contributed by atoms with E-state index in [1.165, 1.54) is 0 Å². The summed E-state index contributed by atoms with van der Waals surface area (Å²) >= 11 is 0. The number of hydrogen-bond acceptors (Lipinski definition) is 4. The second-order valence-corrected chi connectivity index (χ2v) is 6.10. The number of hydrogen-bond donors (Lipinski definition) is 1. The Morgan fingerprint density at radius 3 is 2.63 bits per heavy atom. The number of aryl methyl sites for hydroxylation is 1. The van der Waals surface area contributed by atoms with E-state index in [1.54, 1.807) is 11.7 Å².